The molecule has 1 amide bonds. The van der Waals surface area contributed by atoms with E-state index in [1.54, 1.807) is 35.8 Å². The van der Waals surface area contributed by atoms with Gasteiger partial charge in [0.2, 0.25) is 0 Å². The summed E-state index contributed by atoms with van der Waals surface area (Å²) in [6, 6.07) is 15.0. The molecule has 0 unspecified atom stereocenters. The lowest BCUT2D eigenvalue weighted by Gasteiger charge is -2.08. The minimum absolute atomic E-state index is 0.0717. The first-order valence-corrected chi connectivity index (χ1v) is 8.24. The third-order valence-electron chi connectivity index (χ3n) is 3.13. The molecule has 0 aliphatic carbocycles. The Morgan fingerprint density at radius 3 is 2.29 bits per heavy atom. The van der Waals surface area contributed by atoms with Crippen molar-refractivity contribution >= 4 is 22.4 Å². The van der Waals surface area contributed by atoms with Gasteiger partial charge in [0.05, 0.1) is 0 Å². The number of aromatic nitrogens is 1. The highest BCUT2D eigenvalue weighted by molar-refractivity contribution is 7.13. The Kier molecular flexibility index (Phi) is 5.08. The zero-order chi connectivity index (χ0) is 16.8. The minimum atomic E-state index is -0.245. The van der Waals surface area contributed by atoms with Crippen molar-refractivity contribution in [3.63, 3.8) is 0 Å². The summed E-state index contributed by atoms with van der Waals surface area (Å²) in [5.74, 6) is 1.83. The summed E-state index contributed by atoms with van der Waals surface area (Å²) >= 11 is 1.36. The van der Waals surface area contributed by atoms with Crippen LogP contribution in [-0.2, 0) is 4.79 Å². The van der Waals surface area contributed by atoms with Crippen LogP contribution in [0.25, 0.3) is 0 Å². The summed E-state index contributed by atoms with van der Waals surface area (Å²) < 4.78 is 11.2. The van der Waals surface area contributed by atoms with Crippen molar-refractivity contribution < 1.29 is 14.3 Å². The predicted octanol–water partition coefficient (Wildman–Crippen LogP) is 4.26. The molecule has 1 aromatic heterocycles. The molecule has 0 spiro atoms. The average molecular weight is 340 g/mol. The first-order valence-electron chi connectivity index (χ1n) is 7.36. The van der Waals surface area contributed by atoms with Crippen LogP contribution in [0.5, 0.6) is 17.2 Å². The highest BCUT2D eigenvalue weighted by Gasteiger charge is 2.05. The lowest BCUT2D eigenvalue weighted by Crippen LogP contribution is -2.19. The van der Waals surface area contributed by atoms with Gasteiger partial charge in [-0.25, -0.2) is 4.98 Å². The van der Waals surface area contributed by atoms with E-state index in [2.05, 4.69) is 10.3 Å². The number of carbonyl (C=O) groups is 1. The summed E-state index contributed by atoms with van der Waals surface area (Å²) in [5.41, 5.74) is 1.18. The van der Waals surface area contributed by atoms with Gasteiger partial charge >= 0.3 is 0 Å². The largest absolute Gasteiger partial charge is 0.484 e. The number of ether oxygens (including phenoxy) is 2. The molecule has 1 heterocycles. The molecule has 0 aliphatic heterocycles. The van der Waals surface area contributed by atoms with Crippen LogP contribution < -0.4 is 14.8 Å². The number of nitrogens with one attached hydrogen (secondary N) is 1. The van der Waals surface area contributed by atoms with Crippen LogP contribution in [0.3, 0.4) is 0 Å². The fourth-order valence-electron chi connectivity index (χ4n) is 1.94. The van der Waals surface area contributed by atoms with Crippen LogP contribution in [0, 0.1) is 6.92 Å². The highest BCUT2D eigenvalue weighted by atomic mass is 32.1. The fraction of sp³-hybridized carbons (Fsp3) is 0.111. The summed E-state index contributed by atoms with van der Waals surface area (Å²) in [4.78, 5) is 15.7. The maximum absolute atomic E-state index is 11.7. The lowest BCUT2D eigenvalue weighted by molar-refractivity contribution is -0.118. The first kappa shape index (κ1) is 16.0. The van der Waals surface area contributed by atoms with Crippen LogP contribution in [0.1, 0.15) is 5.56 Å². The van der Waals surface area contributed by atoms with Gasteiger partial charge in [-0.05, 0) is 43.3 Å². The monoisotopic (exact) mass is 340 g/mol. The van der Waals surface area contributed by atoms with Crippen molar-refractivity contribution in [2.45, 2.75) is 6.92 Å². The van der Waals surface area contributed by atoms with E-state index in [9.17, 15) is 4.79 Å². The molecular weight excluding hydrogens is 324 g/mol. The van der Waals surface area contributed by atoms with E-state index >= 15 is 0 Å². The number of amides is 1. The third-order valence-corrected chi connectivity index (χ3v) is 3.82. The summed E-state index contributed by atoms with van der Waals surface area (Å²) in [5, 5.41) is 5.01. The summed E-state index contributed by atoms with van der Waals surface area (Å²) in [7, 11) is 0. The lowest BCUT2D eigenvalue weighted by atomic mass is 10.2. The molecule has 3 aromatic rings. The van der Waals surface area contributed by atoms with E-state index in [0.717, 1.165) is 5.75 Å². The minimum Gasteiger partial charge on any atom is -0.484 e. The molecule has 0 saturated heterocycles. The van der Waals surface area contributed by atoms with Gasteiger partial charge in [-0.2, -0.15) is 0 Å². The second-order valence-electron chi connectivity index (χ2n) is 5.06. The van der Waals surface area contributed by atoms with Gasteiger partial charge in [-0.1, -0.05) is 17.7 Å². The van der Waals surface area contributed by atoms with E-state index in [1.165, 1.54) is 16.9 Å². The van der Waals surface area contributed by atoms with Crippen LogP contribution in [0.15, 0.2) is 60.1 Å². The Labute approximate surface area is 143 Å². The van der Waals surface area contributed by atoms with Crippen molar-refractivity contribution in [2.24, 2.45) is 0 Å². The molecule has 0 radical (unpaired) electrons. The van der Waals surface area contributed by atoms with Crippen LogP contribution in [0.4, 0.5) is 5.13 Å². The van der Waals surface area contributed by atoms with E-state index in [0.29, 0.717) is 16.6 Å². The topological polar surface area (TPSA) is 60.5 Å². The van der Waals surface area contributed by atoms with Crippen LogP contribution in [0.2, 0.25) is 0 Å². The number of nitrogens with zero attached hydrogens (tertiary/aromatic N) is 1. The SMILES string of the molecule is Cc1ccc(Oc2ccc(OCC(=O)Nc3nccs3)cc2)cc1. The fourth-order valence-corrected chi connectivity index (χ4v) is 2.48. The number of thiazole rings is 1. The van der Waals surface area contributed by atoms with Crippen molar-refractivity contribution in [3.05, 3.63) is 65.7 Å². The Morgan fingerprint density at radius 2 is 1.67 bits per heavy atom. The van der Waals surface area contributed by atoms with Crippen molar-refractivity contribution in [1.82, 2.24) is 4.98 Å². The van der Waals surface area contributed by atoms with E-state index in [1.807, 2.05) is 31.2 Å². The van der Waals surface area contributed by atoms with Crippen molar-refractivity contribution in [1.29, 1.82) is 0 Å². The summed E-state index contributed by atoms with van der Waals surface area (Å²) in [6.45, 7) is 1.96. The number of hydrogen-bond acceptors (Lipinski definition) is 5. The highest BCUT2D eigenvalue weighted by Crippen LogP contribution is 2.24. The smallest absolute Gasteiger partial charge is 0.264 e. The second kappa shape index (κ2) is 7.61. The first-order chi connectivity index (χ1) is 11.7. The number of benzene rings is 2. The number of hydrogen-bond donors (Lipinski definition) is 1. The van der Waals surface area contributed by atoms with E-state index < -0.39 is 0 Å². The molecule has 0 saturated carbocycles. The van der Waals surface area contributed by atoms with Gasteiger partial charge in [-0.3, -0.25) is 10.1 Å². The molecule has 0 fully saturated rings. The molecule has 0 atom stereocenters. The van der Waals surface area contributed by atoms with Gasteiger partial charge in [0.1, 0.15) is 17.2 Å². The van der Waals surface area contributed by atoms with Crippen molar-refractivity contribution in [2.75, 3.05) is 11.9 Å². The van der Waals surface area contributed by atoms with E-state index in [-0.39, 0.29) is 12.5 Å². The van der Waals surface area contributed by atoms with Gasteiger partial charge < -0.3 is 9.47 Å². The molecule has 2 aromatic carbocycles. The molecular formula is C18H16N2O3S. The van der Waals surface area contributed by atoms with E-state index in [4.69, 9.17) is 9.47 Å². The number of aryl methyl sites for hydroxylation is 1. The molecule has 5 nitrogen and oxygen atoms in total. The number of rotatable bonds is 6. The molecule has 3 rings (SSSR count). The number of anilines is 1. The zero-order valence-corrected chi connectivity index (χ0v) is 13.9. The van der Waals surface area contributed by atoms with Crippen LogP contribution in [-0.4, -0.2) is 17.5 Å². The Hall–Kier alpha value is -2.86. The quantitative estimate of drug-likeness (QED) is 0.728. The van der Waals surface area contributed by atoms with Gasteiger partial charge in [0.15, 0.2) is 11.7 Å². The van der Waals surface area contributed by atoms with Gasteiger partial charge in [0.25, 0.3) is 5.91 Å². The number of carbonyl (C=O) groups excluding carboxylic acids is 1. The third kappa shape index (κ3) is 4.57. The Bertz CT molecular complexity index is 784. The molecule has 0 bridgehead atoms. The molecule has 1 N–H and O–H groups in total. The van der Waals surface area contributed by atoms with Crippen molar-refractivity contribution in [3.8, 4) is 17.2 Å². The maximum Gasteiger partial charge on any atom is 0.264 e. The Balaban J connectivity index is 1.50. The maximum atomic E-state index is 11.7. The molecule has 24 heavy (non-hydrogen) atoms. The second-order valence-corrected chi connectivity index (χ2v) is 5.96. The zero-order valence-electron chi connectivity index (χ0n) is 13.1. The molecule has 0 aliphatic rings. The normalized spacial score (nSPS) is 10.2. The van der Waals surface area contributed by atoms with Crippen LogP contribution >= 0.6 is 11.3 Å². The standard InChI is InChI=1S/C18H16N2O3S/c1-13-2-4-15(5-3-13)23-16-8-6-14(7-9-16)22-12-17(21)20-18-19-10-11-24-18/h2-11H,12H2,1H3,(H,19,20,21). The van der Waals surface area contributed by atoms with Gasteiger partial charge in [-0.15, -0.1) is 11.3 Å². The predicted molar refractivity (Wildman–Crippen MR) is 93.9 cm³/mol. The average Bonchev–Trinajstić information content (AvgIpc) is 3.09. The molecule has 6 heteroatoms. The summed E-state index contributed by atoms with van der Waals surface area (Å²) in [6.07, 6.45) is 1.63. The van der Waals surface area contributed by atoms with Gasteiger partial charge in [0, 0.05) is 11.6 Å². The Morgan fingerprint density at radius 1 is 1.04 bits per heavy atom. The molecule has 122 valence electrons.